The number of allylic oxidation sites excluding steroid dienone is 1. The van der Waals surface area contributed by atoms with Gasteiger partial charge in [-0.2, -0.15) is 10.4 Å². The minimum Gasteiger partial charge on any atom is -0.299 e. The highest BCUT2D eigenvalue weighted by Gasteiger charge is 2.36. The fraction of sp³-hybridized carbons (Fsp3) is 0.400. The lowest BCUT2D eigenvalue weighted by Crippen LogP contribution is -2.41. The van der Waals surface area contributed by atoms with Crippen molar-refractivity contribution in [1.82, 2.24) is 14.7 Å². The van der Waals surface area contributed by atoms with Crippen LogP contribution in [0.3, 0.4) is 0 Å². The van der Waals surface area contributed by atoms with E-state index in [1.54, 1.807) is 0 Å². The van der Waals surface area contributed by atoms with E-state index in [0.29, 0.717) is 0 Å². The van der Waals surface area contributed by atoms with Gasteiger partial charge < -0.3 is 0 Å². The van der Waals surface area contributed by atoms with E-state index < -0.39 is 0 Å². The molecule has 0 amide bonds. The zero-order chi connectivity index (χ0) is 17.0. The number of rotatable bonds is 5. The van der Waals surface area contributed by atoms with Crippen LogP contribution in [0.2, 0.25) is 0 Å². The highest BCUT2D eigenvalue weighted by molar-refractivity contribution is 5.33. The Kier molecular flexibility index (Phi) is 4.82. The highest BCUT2D eigenvalue weighted by Crippen LogP contribution is 2.35. The van der Waals surface area contributed by atoms with Crippen LogP contribution < -0.4 is 0 Å². The Balaban J connectivity index is 1.67. The molecular formula is C20H24N4. The predicted molar refractivity (Wildman–Crippen MR) is 95.4 cm³/mol. The summed E-state index contributed by atoms with van der Waals surface area (Å²) >= 11 is 0. The van der Waals surface area contributed by atoms with E-state index in [2.05, 4.69) is 41.7 Å². The smallest absolute Gasteiger partial charge is 0.0846 e. The largest absolute Gasteiger partial charge is 0.299 e. The molecule has 1 aromatic heterocycles. The van der Waals surface area contributed by atoms with Gasteiger partial charge in [-0.05, 0) is 25.3 Å². The molecule has 3 rings (SSSR count). The number of piperidine rings is 1. The Hall–Kier alpha value is -2.38. The fourth-order valence-electron chi connectivity index (χ4n) is 3.50. The van der Waals surface area contributed by atoms with Gasteiger partial charge in [0.25, 0.3) is 0 Å². The van der Waals surface area contributed by atoms with E-state index in [1.165, 1.54) is 11.3 Å². The Bertz CT molecular complexity index is 731. The van der Waals surface area contributed by atoms with Crippen LogP contribution in [0.25, 0.3) is 0 Å². The molecule has 0 atom stereocenters. The number of benzene rings is 1. The number of aromatic nitrogens is 2. The summed E-state index contributed by atoms with van der Waals surface area (Å²) in [6, 6.07) is 12.8. The quantitative estimate of drug-likeness (QED) is 0.793. The topological polar surface area (TPSA) is 44.9 Å². The lowest BCUT2D eigenvalue weighted by molar-refractivity contribution is 0.179. The predicted octanol–water partition coefficient (Wildman–Crippen LogP) is 3.43. The third-order valence-electron chi connectivity index (χ3n) is 5.15. The molecule has 0 unspecified atom stereocenters. The number of likely N-dealkylation sites (tertiary alicyclic amines) is 1. The first-order chi connectivity index (χ1) is 11.7. The van der Waals surface area contributed by atoms with Crippen molar-refractivity contribution in [2.75, 3.05) is 13.1 Å². The molecule has 2 aromatic rings. The normalized spacial score (nSPS) is 17.3. The van der Waals surface area contributed by atoms with Gasteiger partial charge in [0.05, 0.1) is 24.2 Å². The van der Waals surface area contributed by atoms with E-state index in [1.807, 2.05) is 35.2 Å². The van der Waals surface area contributed by atoms with Gasteiger partial charge in [-0.25, -0.2) is 0 Å². The minimum absolute atomic E-state index is 0.334. The van der Waals surface area contributed by atoms with E-state index in [9.17, 15) is 5.26 Å². The molecule has 124 valence electrons. The SMILES string of the molecule is C=CCn1ncc(CN2CCC(C#N)(c3ccccc3)CC2)c1C. The van der Waals surface area contributed by atoms with Gasteiger partial charge in [0, 0.05) is 30.9 Å². The maximum Gasteiger partial charge on any atom is 0.0846 e. The molecular weight excluding hydrogens is 296 g/mol. The first-order valence-corrected chi connectivity index (χ1v) is 8.50. The van der Waals surface area contributed by atoms with Gasteiger partial charge >= 0.3 is 0 Å². The zero-order valence-corrected chi connectivity index (χ0v) is 14.3. The minimum atomic E-state index is -0.334. The molecule has 0 N–H and O–H groups in total. The van der Waals surface area contributed by atoms with E-state index in [-0.39, 0.29) is 5.41 Å². The maximum atomic E-state index is 9.79. The highest BCUT2D eigenvalue weighted by atomic mass is 15.3. The Morgan fingerprint density at radius 2 is 2.00 bits per heavy atom. The lowest BCUT2D eigenvalue weighted by atomic mass is 9.74. The van der Waals surface area contributed by atoms with Crippen LogP contribution in [0.15, 0.2) is 49.2 Å². The van der Waals surface area contributed by atoms with Crippen molar-refractivity contribution in [3.8, 4) is 6.07 Å². The molecule has 0 saturated carbocycles. The second-order valence-electron chi connectivity index (χ2n) is 6.56. The molecule has 2 heterocycles. The number of nitriles is 1. The molecule has 1 fully saturated rings. The molecule has 4 heteroatoms. The van der Waals surface area contributed by atoms with Crippen molar-refractivity contribution in [2.24, 2.45) is 0 Å². The monoisotopic (exact) mass is 320 g/mol. The van der Waals surface area contributed by atoms with Crippen molar-refractivity contribution < 1.29 is 0 Å². The second kappa shape index (κ2) is 7.02. The van der Waals surface area contributed by atoms with Crippen LogP contribution in [0.5, 0.6) is 0 Å². The average Bonchev–Trinajstić information content (AvgIpc) is 2.97. The second-order valence-corrected chi connectivity index (χ2v) is 6.56. The van der Waals surface area contributed by atoms with Crippen LogP contribution in [-0.4, -0.2) is 27.8 Å². The molecule has 4 nitrogen and oxygen atoms in total. The molecule has 0 aliphatic carbocycles. The number of hydrogen-bond acceptors (Lipinski definition) is 3. The summed E-state index contributed by atoms with van der Waals surface area (Å²) in [4.78, 5) is 2.43. The van der Waals surface area contributed by atoms with Gasteiger partial charge in [-0.1, -0.05) is 36.4 Å². The molecule has 0 radical (unpaired) electrons. The molecule has 1 aliphatic rings. The number of hydrogen-bond donors (Lipinski definition) is 0. The lowest BCUT2D eigenvalue weighted by Gasteiger charge is -2.37. The van der Waals surface area contributed by atoms with Gasteiger partial charge in [0.2, 0.25) is 0 Å². The van der Waals surface area contributed by atoms with Crippen LogP contribution in [0.4, 0.5) is 0 Å². The third kappa shape index (κ3) is 3.13. The van der Waals surface area contributed by atoms with E-state index in [0.717, 1.165) is 44.6 Å². The van der Waals surface area contributed by atoms with Crippen molar-refractivity contribution in [3.63, 3.8) is 0 Å². The third-order valence-corrected chi connectivity index (χ3v) is 5.15. The average molecular weight is 320 g/mol. The molecule has 1 aliphatic heterocycles. The standard InChI is InChI=1S/C20H24N4/c1-3-11-24-17(2)18(14-22-24)15-23-12-9-20(16-21,10-13-23)19-7-5-4-6-8-19/h3-8,14H,1,9-13,15H2,2H3. The first-order valence-electron chi connectivity index (χ1n) is 8.50. The van der Waals surface area contributed by atoms with Crippen LogP contribution in [-0.2, 0) is 18.5 Å². The van der Waals surface area contributed by atoms with Crippen molar-refractivity contribution in [1.29, 1.82) is 5.26 Å². The molecule has 24 heavy (non-hydrogen) atoms. The van der Waals surface area contributed by atoms with E-state index in [4.69, 9.17) is 0 Å². The molecule has 1 saturated heterocycles. The maximum absolute atomic E-state index is 9.79. The summed E-state index contributed by atoms with van der Waals surface area (Å²) in [5.74, 6) is 0. The Morgan fingerprint density at radius 3 is 2.62 bits per heavy atom. The summed E-state index contributed by atoms with van der Waals surface area (Å²) in [5.41, 5.74) is 3.29. The van der Waals surface area contributed by atoms with Gasteiger partial charge in [0.1, 0.15) is 0 Å². The van der Waals surface area contributed by atoms with Gasteiger partial charge in [0.15, 0.2) is 0 Å². The Morgan fingerprint density at radius 1 is 1.29 bits per heavy atom. The number of nitrogens with zero attached hydrogens (tertiary/aromatic N) is 4. The van der Waals surface area contributed by atoms with Gasteiger partial charge in [-0.3, -0.25) is 9.58 Å². The van der Waals surface area contributed by atoms with Crippen molar-refractivity contribution in [2.45, 2.75) is 38.3 Å². The fourth-order valence-corrected chi connectivity index (χ4v) is 3.50. The summed E-state index contributed by atoms with van der Waals surface area (Å²) < 4.78 is 1.98. The summed E-state index contributed by atoms with van der Waals surface area (Å²) in [6.07, 6.45) is 5.59. The molecule has 1 aromatic carbocycles. The van der Waals surface area contributed by atoms with Crippen molar-refractivity contribution >= 4 is 0 Å². The Labute approximate surface area is 144 Å². The van der Waals surface area contributed by atoms with E-state index >= 15 is 0 Å². The van der Waals surface area contributed by atoms with Crippen LogP contribution in [0, 0.1) is 18.3 Å². The summed E-state index contributed by atoms with van der Waals surface area (Å²) in [5, 5.41) is 14.2. The molecule has 0 bridgehead atoms. The molecule has 0 spiro atoms. The van der Waals surface area contributed by atoms with Crippen LogP contribution in [0.1, 0.15) is 29.7 Å². The first kappa shape index (κ1) is 16.5. The summed E-state index contributed by atoms with van der Waals surface area (Å²) in [7, 11) is 0. The zero-order valence-electron chi connectivity index (χ0n) is 14.3. The van der Waals surface area contributed by atoms with Crippen LogP contribution >= 0.6 is 0 Å². The summed E-state index contributed by atoms with van der Waals surface area (Å²) in [6.45, 7) is 9.41. The van der Waals surface area contributed by atoms with Crippen molar-refractivity contribution in [3.05, 3.63) is 66.0 Å². The van der Waals surface area contributed by atoms with Gasteiger partial charge in [-0.15, -0.1) is 6.58 Å².